The first-order chi connectivity index (χ1) is 35.1. The van der Waals surface area contributed by atoms with Crippen molar-refractivity contribution in [3.8, 4) is 0 Å². The number of ether oxygens (including phenoxy) is 3. The fourth-order valence-electron chi connectivity index (χ4n) is 8.92. The SMILES string of the molecule is CC(C)N1C[C@@H](COP(=O)(N(C)C)N2C[C@@H](COP(=O)(N(C)C)N3C[C@@H](CO[P+](=O)N(C)C)O[C@@H](n4cnc5c(=O)[nH]c(N)nc54)C3)O[C@@H](n3cnc4c(N)ncnc43)C2)O[C@@H](n2cnc3c(=O)[nH]c(N)nc32)C1. The van der Waals surface area contributed by atoms with Crippen LogP contribution in [0.15, 0.2) is 34.9 Å². The zero-order valence-electron chi connectivity index (χ0n) is 41.9. The highest BCUT2D eigenvalue weighted by atomic mass is 31.2. The summed E-state index contributed by atoms with van der Waals surface area (Å²) < 4.78 is 94.9. The van der Waals surface area contributed by atoms with Gasteiger partial charge in [-0.15, -0.1) is 4.52 Å². The summed E-state index contributed by atoms with van der Waals surface area (Å²) in [6.45, 7) is 4.15. The molecule has 74 heavy (non-hydrogen) atoms. The Morgan fingerprint density at radius 2 is 1.09 bits per heavy atom. The van der Waals surface area contributed by atoms with Crippen LogP contribution >= 0.6 is 23.5 Å². The Hall–Kier alpha value is -5.27. The number of hydrogen-bond acceptors (Lipinski definition) is 22. The van der Waals surface area contributed by atoms with E-state index in [2.05, 4.69) is 49.8 Å². The summed E-state index contributed by atoms with van der Waals surface area (Å²) in [6.07, 6.45) is 0.660. The Morgan fingerprint density at radius 1 is 0.649 bits per heavy atom. The van der Waals surface area contributed by atoms with Gasteiger partial charge in [0, 0.05) is 46.3 Å². The first kappa shape index (κ1) is 53.6. The van der Waals surface area contributed by atoms with Crippen molar-refractivity contribution in [3.05, 3.63) is 46.0 Å². The fourth-order valence-corrected chi connectivity index (χ4v) is 13.4. The van der Waals surface area contributed by atoms with Crippen LogP contribution in [0.4, 0.5) is 17.7 Å². The molecule has 3 fully saturated rings. The van der Waals surface area contributed by atoms with E-state index in [0.29, 0.717) is 24.3 Å². The van der Waals surface area contributed by atoms with Crippen molar-refractivity contribution in [1.82, 2.24) is 86.8 Å². The summed E-state index contributed by atoms with van der Waals surface area (Å²) in [5.74, 6) is -0.0813. The van der Waals surface area contributed by atoms with E-state index in [1.54, 1.807) is 60.8 Å². The van der Waals surface area contributed by atoms with E-state index in [1.165, 1.54) is 43.9 Å². The molecule has 32 nitrogen and oxygen atoms in total. The molecule has 9 rings (SSSR count). The first-order valence-electron chi connectivity index (χ1n) is 23.3. The molecule has 6 aromatic heterocycles. The van der Waals surface area contributed by atoms with Gasteiger partial charge < -0.3 is 40.5 Å². The third-order valence-electron chi connectivity index (χ3n) is 12.7. The number of nitrogens with two attached hydrogens (primary N) is 3. The fraction of sp³-hybridized carbons (Fsp3) is 0.615. The molecule has 9 heterocycles. The number of rotatable bonds is 18. The van der Waals surface area contributed by atoms with Crippen LogP contribution in [-0.2, 0) is 41.5 Å². The largest absolute Gasteiger partial charge is 0.615 e. The van der Waals surface area contributed by atoms with E-state index in [0.717, 1.165) is 0 Å². The summed E-state index contributed by atoms with van der Waals surface area (Å²) >= 11 is 0. The molecule has 35 heteroatoms. The van der Waals surface area contributed by atoms with Gasteiger partial charge in [0.1, 0.15) is 43.2 Å². The molecule has 0 spiro atoms. The van der Waals surface area contributed by atoms with Crippen LogP contribution in [0, 0.1) is 0 Å². The molecule has 3 aliphatic rings. The zero-order valence-corrected chi connectivity index (χ0v) is 44.6. The lowest BCUT2D eigenvalue weighted by molar-refractivity contribution is -0.140. The van der Waals surface area contributed by atoms with Crippen molar-refractivity contribution in [2.45, 2.75) is 56.9 Å². The van der Waals surface area contributed by atoms with Crippen LogP contribution < -0.4 is 28.3 Å². The maximum absolute atomic E-state index is 15.6. The van der Waals surface area contributed by atoms with Gasteiger partial charge in [-0.05, 0) is 46.6 Å². The van der Waals surface area contributed by atoms with Gasteiger partial charge in [0.2, 0.25) is 11.9 Å². The molecule has 402 valence electrons. The molecule has 0 bridgehead atoms. The number of H-pyrrole nitrogens is 2. The molecular weight excluding hydrogens is 1030 g/mol. The van der Waals surface area contributed by atoms with E-state index in [1.807, 2.05) is 13.8 Å². The predicted molar refractivity (Wildman–Crippen MR) is 268 cm³/mol. The topological polar surface area (TPSA) is 375 Å². The van der Waals surface area contributed by atoms with Gasteiger partial charge >= 0.3 is 23.5 Å². The van der Waals surface area contributed by atoms with Gasteiger partial charge in [-0.2, -0.15) is 9.97 Å². The monoisotopic (exact) mass is 1090 g/mol. The number of imidazole rings is 3. The number of nitrogens with zero attached hydrogens (tertiary/aromatic N) is 16. The summed E-state index contributed by atoms with van der Waals surface area (Å²) in [7, 11) is -0.651. The molecule has 3 aliphatic heterocycles. The minimum atomic E-state index is -4.08. The number of anilines is 3. The predicted octanol–water partition coefficient (Wildman–Crippen LogP) is 0.454. The zero-order chi connectivity index (χ0) is 53.0. The van der Waals surface area contributed by atoms with E-state index in [4.69, 9.17) is 45.0 Å². The number of fused-ring (bicyclic) bond motifs is 3. The second-order valence-corrected chi connectivity index (χ2v) is 25.5. The van der Waals surface area contributed by atoms with Crippen molar-refractivity contribution < 1.29 is 41.5 Å². The lowest BCUT2D eigenvalue weighted by Crippen LogP contribution is -2.51. The number of morpholine rings is 3. The molecule has 0 amide bonds. The second-order valence-electron chi connectivity index (χ2n) is 18.7. The number of aromatic amines is 2. The Balaban J connectivity index is 0.998. The smallest absolute Gasteiger partial charge is 0.382 e. The number of nitrogens with one attached hydrogen (secondary N) is 2. The highest BCUT2D eigenvalue weighted by Gasteiger charge is 2.47. The molecular formula is C39H61N21O11P3+. The molecule has 3 saturated heterocycles. The average molecular weight is 1090 g/mol. The summed E-state index contributed by atoms with van der Waals surface area (Å²) in [5, 5.41) is 0. The minimum Gasteiger partial charge on any atom is -0.382 e. The van der Waals surface area contributed by atoms with Crippen molar-refractivity contribution in [3.63, 3.8) is 0 Å². The molecule has 9 atom stereocenters. The molecule has 8 N–H and O–H groups in total. The van der Waals surface area contributed by atoms with Gasteiger partial charge in [-0.25, -0.2) is 43.6 Å². The molecule has 0 aromatic carbocycles. The van der Waals surface area contributed by atoms with Crippen LogP contribution in [0.5, 0.6) is 0 Å². The maximum Gasteiger partial charge on any atom is 0.615 e. The quantitative estimate of drug-likeness (QED) is 0.0730. The summed E-state index contributed by atoms with van der Waals surface area (Å²) in [4.78, 5) is 62.7. The van der Waals surface area contributed by atoms with Crippen LogP contribution in [0.1, 0.15) is 32.5 Å². The van der Waals surface area contributed by atoms with Gasteiger partial charge in [0.05, 0.1) is 57.5 Å². The van der Waals surface area contributed by atoms with Crippen LogP contribution in [0.25, 0.3) is 33.5 Å². The number of hydrogen-bond donors (Lipinski definition) is 5. The van der Waals surface area contributed by atoms with E-state index in [9.17, 15) is 14.2 Å². The molecule has 0 saturated carbocycles. The maximum atomic E-state index is 15.6. The van der Waals surface area contributed by atoms with Crippen LogP contribution in [0.2, 0.25) is 0 Å². The Labute approximate surface area is 423 Å². The third-order valence-corrected chi connectivity index (χ3v) is 18.8. The minimum absolute atomic E-state index is 0.00129. The van der Waals surface area contributed by atoms with Gasteiger partial charge in [0.15, 0.2) is 33.8 Å². The summed E-state index contributed by atoms with van der Waals surface area (Å²) in [5.41, 5.74) is 18.1. The highest BCUT2D eigenvalue weighted by molar-refractivity contribution is 7.54. The van der Waals surface area contributed by atoms with E-state index >= 15 is 9.13 Å². The molecule has 6 aromatic rings. The third kappa shape index (κ3) is 10.6. The van der Waals surface area contributed by atoms with Gasteiger partial charge in [-0.1, -0.05) is 4.67 Å². The van der Waals surface area contributed by atoms with Crippen molar-refractivity contribution in [2.24, 2.45) is 0 Å². The standard InChI is InChI=1S/C39H60N21O11P3/c1-22(2)55-9-23(69-26(12-55)59-20-46-30-34(59)48-38(41)50-36(30)61)16-67-74(65,54(7)8)57-11-25(71-27(13-57)58-19-45-29-32(40)43-18-44-33(29)58)17-68-73(64,53(5)6)56-10-24(15-66-72(63)52(3)4)70-28(14-56)60-21-47-31-35(60)49-39(42)51-37(31)62/h18-28H,9-17H2,1-8H3,(H7-,40,41,42,43,44,48,49,50,51,61,62)/p+1/t23-,24-,25-,26+,27+,28+,73?,74?/m0/s1. The van der Waals surface area contributed by atoms with E-state index < -0.39 is 71.6 Å². The van der Waals surface area contributed by atoms with Gasteiger partial charge in [0.25, 0.3) is 11.1 Å². The number of aromatic nitrogens is 12. The molecule has 0 aliphatic carbocycles. The van der Waals surface area contributed by atoms with Crippen LogP contribution in [0.3, 0.4) is 0 Å². The number of nitrogen functional groups attached to an aromatic ring is 3. The van der Waals surface area contributed by atoms with E-state index in [-0.39, 0.29) is 92.1 Å². The lowest BCUT2D eigenvalue weighted by atomic mass is 10.2. The highest BCUT2D eigenvalue weighted by Crippen LogP contribution is 2.57. The molecule has 0 radical (unpaired) electrons. The van der Waals surface area contributed by atoms with Crippen molar-refractivity contribution >= 4 is 74.7 Å². The normalized spacial score (nSPS) is 24.7. The lowest BCUT2D eigenvalue weighted by Gasteiger charge is -2.45. The Kier molecular flexibility index (Phi) is 15.5. The average Bonchev–Trinajstić information content (AvgIpc) is 4.12. The first-order valence-corrected chi connectivity index (χ1v) is 27.5. The summed E-state index contributed by atoms with van der Waals surface area (Å²) in [6, 6.07) is 0.0621. The Bertz CT molecular complexity index is 3240. The van der Waals surface area contributed by atoms with Crippen molar-refractivity contribution in [2.75, 3.05) is 119 Å². The van der Waals surface area contributed by atoms with Gasteiger partial charge in [-0.3, -0.25) is 47.3 Å². The second kappa shape index (κ2) is 21.4. The molecule has 3 unspecified atom stereocenters. The van der Waals surface area contributed by atoms with Crippen molar-refractivity contribution in [1.29, 1.82) is 0 Å². The Morgan fingerprint density at radius 3 is 1.57 bits per heavy atom. The van der Waals surface area contributed by atoms with Crippen LogP contribution in [-0.4, -0.2) is 213 Å².